The Labute approximate surface area is 162 Å². The summed E-state index contributed by atoms with van der Waals surface area (Å²) in [6, 6.07) is 7.71. The zero-order valence-corrected chi connectivity index (χ0v) is 15.8. The van der Waals surface area contributed by atoms with Crippen LogP contribution >= 0.6 is 11.6 Å². The van der Waals surface area contributed by atoms with Gasteiger partial charge in [-0.3, -0.25) is 9.78 Å². The third kappa shape index (κ3) is 3.68. The Morgan fingerprint density at radius 3 is 2.78 bits per heavy atom. The molecule has 7 nitrogen and oxygen atoms in total. The van der Waals surface area contributed by atoms with Gasteiger partial charge in [0, 0.05) is 42.9 Å². The molecule has 0 unspecified atom stereocenters. The highest BCUT2D eigenvalue weighted by molar-refractivity contribution is 6.31. The van der Waals surface area contributed by atoms with Crippen molar-refractivity contribution in [3.8, 4) is 5.88 Å². The van der Waals surface area contributed by atoms with Gasteiger partial charge >= 0.3 is 0 Å². The molecule has 27 heavy (non-hydrogen) atoms. The van der Waals surface area contributed by atoms with E-state index in [0.717, 1.165) is 16.7 Å². The Morgan fingerprint density at radius 2 is 2.00 bits per heavy atom. The summed E-state index contributed by atoms with van der Waals surface area (Å²) in [5, 5.41) is 1.75. The van der Waals surface area contributed by atoms with E-state index >= 15 is 0 Å². The quantitative estimate of drug-likeness (QED) is 0.690. The van der Waals surface area contributed by atoms with Crippen molar-refractivity contribution in [2.75, 3.05) is 38.2 Å². The topological polar surface area (TPSA) is 63.5 Å². The van der Waals surface area contributed by atoms with Crippen LogP contribution in [0.3, 0.4) is 0 Å². The largest absolute Gasteiger partial charge is 0.480 e. The number of anilines is 1. The minimum Gasteiger partial charge on any atom is -0.480 e. The van der Waals surface area contributed by atoms with Crippen LogP contribution in [0.25, 0.3) is 10.9 Å². The van der Waals surface area contributed by atoms with E-state index in [2.05, 4.69) is 14.9 Å². The van der Waals surface area contributed by atoms with Crippen molar-refractivity contribution in [3.63, 3.8) is 0 Å². The smallest absolute Gasteiger partial charge is 0.242 e. The molecule has 4 rings (SSSR count). The fourth-order valence-electron chi connectivity index (χ4n) is 3.31. The highest BCUT2D eigenvalue weighted by Crippen LogP contribution is 2.21. The maximum atomic E-state index is 12.7. The molecular formula is C19H20ClN5O2. The van der Waals surface area contributed by atoms with E-state index in [0.29, 0.717) is 43.6 Å². The number of carbonyl (C=O) groups excluding carboxylic acids is 1. The number of hydrogen-bond donors (Lipinski definition) is 0. The van der Waals surface area contributed by atoms with E-state index < -0.39 is 0 Å². The minimum absolute atomic E-state index is 0.101. The van der Waals surface area contributed by atoms with Gasteiger partial charge in [0.1, 0.15) is 6.54 Å². The van der Waals surface area contributed by atoms with Crippen molar-refractivity contribution in [2.24, 2.45) is 0 Å². The number of rotatable bonds is 4. The highest BCUT2D eigenvalue weighted by atomic mass is 35.5. The maximum Gasteiger partial charge on any atom is 0.242 e. The lowest BCUT2D eigenvalue weighted by molar-refractivity contribution is -0.132. The lowest BCUT2D eigenvalue weighted by atomic mass is 10.2. The van der Waals surface area contributed by atoms with Gasteiger partial charge in [0.15, 0.2) is 5.82 Å². The van der Waals surface area contributed by atoms with Gasteiger partial charge in [0.25, 0.3) is 0 Å². The lowest BCUT2D eigenvalue weighted by Gasteiger charge is -2.35. The SMILES string of the molecule is COc1cncc(N2CCN(C(=O)Cn3ccc4ccc(Cl)cc43)CC2)n1. The number of nitrogens with zero attached hydrogens (tertiary/aromatic N) is 5. The van der Waals surface area contributed by atoms with E-state index in [1.807, 2.05) is 39.9 Å². The highest BCUT2D eigenvalue weighted by Gasteiger charge is 2.22. The second-order valence-electron chi connectivity index (χ2n) is 6.43. The molecule has 3 heterocycles. The second-order valence-corrected chi connectivity index (χ2v) is 6.87. The molecule has 0 saturated carbocycles. The molecule has 1 aromatic carbocycles. The predicted octanol–water partition coefficient (Wildman–Crippen LogP) is 2.44. The summed E-state index contributed by atoms with van der Waals surface area (Å²) < 4.78 is 7.08. The summed E-state index contributed by atoms with van der Waals surface area (Å²) in [6.45, 7) is 3.04. The van der Waals surface area contributed by atoms with Crippen LogP contribution < -0.4 is 9.64 Å². The molecule has 0 aliphatic carbocycles. The number of carbonyl (C=O) groups is 1. The van der Waals surface area contributed by atoms with Crippen LogP contribution in [0.15, 0.2) is 42.9 Å². The van der Waals surface area contributed by atoms with Crippen LogP contribution in [0.4, 0.5) is 5.82 Å². The molecule has 140 valence electrons. The molecule has 0 N–H and O–H groups in total. The van der Waals surface area contributed by atoms with E-state index in [1.165, 1.54) is 0 Å². The fourth-order valence-corrected chi connectivity index (χ4v) is 3.48. The zero-order chi connectivity index (χ0) is 18.8. The Hall–Kier alpha value is -2.80. The van der Waals surface area contributed by atoms with Gasteiger partial charge in [0.05, 0.1) is 19.5 Å². The van der Waals surface area contributed by atoms with Gasteiger partial charge in [-0.05, 0) is 23.6 Å². The summed E-state index contributed by atoms with van der Waals surface area (Å²) in [4.78, 5) is 25.3. The normalized spacial score (nSPS) is 14.6. The molecule has 8 heteroatoms. The van der Waals surface area contributed by atoms with Crippen LogP contribution in [0.2, 0.25) is 5.02 Å². The molecule has 1 fully saturated rings. The molecular weight excluding hydrogens is 366 g/mol. The Balaban J connectivity index is 1.40. The number of fused-ring (bicyclic) bond motifs is 1. The molecule has 0 radical (unpaired) electrons. The first-order valence-electron chi connectivity index (χ1n) is 8.77. The standard InChI is InChI=1S/C19H20ClN5O2/c1-27-18-12-21-11-17(22-18)23-6-8-24(9-7-23)19(26)13-25-5-4-14-2-3-15(20)10-16(14)25/h2-5,10-12H,6-9,13H2,1H3. The van der Waals surface area contributed by atoms with Crippen molar-refractivity contribution in [2.45, 2.75) is 6.54 Å². The van der Waals surface area contributed by atoms with Gasteiger partial charge < -0.3 is 19.1 Å². The van der Waals surface area contributed by atoms with Crippen LogP contribution in [0.5, 0.6) is 5.88 Å². The van der Waals surface area contributed by atoms with Gasteiger partial charge in [-0.1, -0.05) is 17.7 Å². The first-order chi connectivity index (χ1) is 13.1. The average molecular weight is 386 g/mol. The average Bonchev–Trinajstić information content (AvgIpc) is 3.10. The minimum atomic E-state index is 0.101. The van der Waals surface area contributed by atoms with Crippen LogP contribution in [-0.2, 0) is 11.3 Å². The summed E-state index contributed by atoms with van der Waals surface area (Å²) in [7, 11) is 1.57. The fraction of sp³-hybridized carbons (Fsp3) is 0.316. The van der Waals surface area contributed by atoms with E-state index in [4.69, 9.17) is 16.3 Å². The van der Waals surface area contributed by atoms with Crippen molar-refractivity contribution < 1.29 is 9.53 Å². The number of piperazine rings is 1. The number of amides is 1. The summed E-state index contributed by atoms with van der Waals surface area (Å²) in [5.41, 5.74) is 0.973. The van der Waals surface area contributed by atoms with Crippen molar-refractivity contribution in [1.82, 2.24) is 19.4 Å². The van der Waals surface area contributed by atoms with Crippen molar-refractivity contribution in [3.05, 3.63) is 47.9 Å². The molecule has 1 saturated heterocycles. The molecule has 1 amide bonds. The van der Waals surface area contributed by atoms with E-state index in [9.17, 15) is 4.79 Å². The van der Waals surface area contributed by atoms with Gasteiger partial charge in [0.2, 0.25) is 11.8 Å². The Bertz CT molecular complexity index is 966. The molecule has 2 aromatic heterocycles. The van der Waals surface area contributed by atoms with Gasteiger partial charge in [-0.2, -0.15) is 4.98 Å². The number of hydrogen-bond acceptors (Lipinski definition) is 5. The predicted molar refractivity (Wildman–Crippen MR) is 104 cm³/mol. The van der Waals surface area contributed by atoms with Crippen molar-refractivity contribution in [1.29, 1.82) is 0 Å². The van der Waals surface area contributed by atoms with Crippen molar-refractivity contribution >= 4 is 34.2 Å². The number of halogens is 1. The summed E-state index contributed by atoms with van der Waals surface area (Å²) in [5.74, 6) is 1.36. The van der Waals surface area contributed by atoms with Crippen LogP contribution in [0, 0.1) is 0 Å². The molecule has 1 aliphatic rings. The summed E-state index contributed by atoms with van der Waals surface area (Å²) in [6.07, 6.45) is 5.23. The summed E-state index contributed by atoms with van der Waals surface area (Å²) >= 11 is 6.09. The van der Waals surface area contributed by atoms with E-state index in [1.54, 1.807) is 19.5 Å². The van der Waals surface area contributed by atoms with Crippen LogP contribution in [0.1, 0.15) is 0 Å². The Morgan fingerprint density at radius 1 is 1.19 bits per heavy atom. The van der Waals surface area contributed by atoms with E-state index in [-0.39, 0.29) is 5.91 Å². The third-order valence-corrected chi connectivity index (χ3v) is 5.04. The third-order valence-electron chi connectivity index (χ3n) is 4.81. The lowest BCUT2D eigenvalue weighted by Crippen LogP contribution is -2.49. The number of benzene rings is 1. The van der Waals surface area contributed by atoms with Gasteiger partial charge in [-0.25, -0.2) is 0 Å². The first kappa shape index (κ1) is 17.6. The molecule has 3 aromatic rings. The first-order valence-corrected chi connectivity index (χ1v) is 9.15. The Kier molecular flexibility index (Phi) is 4.85. The zero-order valence-electron chi connectivity index (χ0n) is 15.0. The van der Waals surface area contributed by atoms with Crippen LogP contribution in [-0.4, -0.2) is 58.6 Å². The van der Waals surface area contributed by atoms with Gasteiger partial charge in [-0.15, -0.1) is 0 Å². The molecule has 0 spiro atoms. The number of methoxy groups -OCH3 is 1. The second kappa shape index (κ2) is 7.44. The monoisotopic (exact) mass is 385 g/mol. The molecule has 0 atom stereocenters. The number of ether oxygens (including phenoxy) is 1. The molecule has 0 bridgehead atoms. The number of aromatic nitrogens is 3. The molecule has 1 aliphatic heterocycles. The maximum absolute atomic E-state index is 12.7.